The summed E-state index contributed by atoms with van der Waals surface area (Å²) in [5, 5.41) is 2.29. The first-order chi connectivity index (χ1) is 13.3. The summed E-state index contributed by atoms with van der Waals surface area (Å²) < 4.78 is 41.2. The zero-order chi connectivity index (χ0) is 20.7. The van der Waals surface area contributed by atoms with Crippen LogP contribution >= 0.6 is 0 Å². The van der Waals surface area contributed by atoms with E-state index < -0.39 is 27.8 Å². The summed E-state index contributed by atoms with van der Waals surface area (Å²) in [6.07, 6.45) is 0. The van der Waals surface area contributed by atoms with E-state index in [1.54, 1.807) is 12.1 Å². The third kappa shape index (κ3) is 5.58. The Kier molecular flexibility index (Phi) is 6.77. The van der Waals surface area contributed by atoms with Crippen LogP contribution in [0.25, 0.3) is 0 Å². The Labute approximate surface area is 161 Å². The van der Waals surface area contributed by atoms with Crippen molar-refractivity contribution in [1.29, 1.82) is 0 Å². The zero-order valence-corrected chi connectivity index (χ0v) is 16.2. The maximum Gasteiger partial charge on any atom is 0.338 e. The number of urea groups is 1. The summed E-state index contributed by atoms with van der Waals surface area (Å²) in [4.78, 5) is 27.8. The number of hydrogen-bond acceptors (Lipinski definition) is 8. The second-order valence-electron chi connectivity index (χ2n) is 5.40. The van der Waals surface area contributed by atoms with Crippen molar-refractivity contribution in [3.63, 3.8) is 0 Å². The van der Waals surface area contributed by atoms with E-state index in [1.165, 1.54) is 45.6 Å². The van der Waals surface area contributed by atoms with Crippen LogP contribution in [0.2, 0.25) is 0 Å². The molecule has 0 saturated heterocycles. The standard InChI is InChI=1S/C17H19N3O7S/c1-25-12-8-14(18-15(9-12)26-2)19-17(22)20-28(23,24)10-11-6-4-5-7-13(11)16(21)27-3/h4-9H,10H2,1-3H3,(H2,18,19,20,22). The molecule has 10 nitrogen and oxygen atoms in total. The highest BCUT2D eigenvalue weighted by atomic mass is 32.2. The lowest BCUT2D eigenvalue weighted by Gasteiger charge is -2.11. The van der Waals surface area contributed by atoms with Crippen LogP contribution in [0.4, 0.5) is 10.6 Å². The molecule has 1 aromatic heterocycles. The van der Waals surface area contributed by atoms with Crippen LogP contribution < -0.4 is 19.5 Å². The summed E-state index contributed by atoms with van der Waals surface area (Å²) in [5.74, 6) is -0.719. The number of nitrogens with one attached hydrogen (secondary N) is 2. The van der Waals surface area contributed by atoms with Gasteiger partial charge in [-0.3, -0.25) is 5.32 Å². The van der Waals surface area contributed by atoms with Gasteiger partial charge in [0.2, 0.25) is 15.9 Å². The molecule has 2 N–H and O–H groups in total. The second-order valence-corrected chi connectivity index (χ2v) is 7.12. The van der Waals surface area contributed by atoms with Crippen LogP contribution in [0.15, 0.2) is 36.4 Å². The third-order valence-corrected chi connectivity index (χ3v) is 4.67. The fraction of sp³-hybridized carbons (Fsp3) is 0.235. The lowest BCUT2D eigenvalue weighted by atomic mass is 10.1. The van der Waals surface area contributed by atoms with Crippen molar-refractivity contribution in [2.45, 2.75) is 5.75 Å². The number of nitrogens with zero attached hydrogens (tertiary/aromatic N) is 1. The first-order valence-corrected chi connectivity index (χ1v) is 9.51. The molecular formula is C17H19N3O7S. The molecule has 0 fully saturated rings. The Morgan fingerprint density at radius 2 is 1.79 bits per heavy atom. The predicted octanol–water partition coefficient (Wildman–Crippen LogP) is 1.54. The van der Waals surface area contributed by atoms with Crippen molar-refractivity contribution in [2.75, 3.05) is 26.6 Å². The van der Waals surface area contributed by atoms with Gasteiger partial charge in [-0.2, -0.15) is 4.98 Å². The minimum Gasteiger partial charge on any atom is -0.496 e. The number of ether oxygens (including phenoxy) is 3. The van der Waals surface area contributed by atoms with Gasteiger partial charge in [-0.15, -0.1) is 0 Å². The quantitative estimate of drug-likeness (QED) is 0.658. The van der Waals surface area contributed by atoms with E-state index in [2.05, 4.69) is 15.0 Å². The fourth-order valence-electron chi connectivity index (χ4n) is 2.25. The minimum atomic E-state index is -4.11. The number of anilines is 1. The number of aromatic nitrogens is 1. The molecule has 1 aromatic carbocycles. The number of carbonyl (C=O) groups is 2. The number of hydrogen-bond donors (Lipinski definition) is 2. The number of sulfonamides is 1. The molecule has 11 heteroatoms. The number of carbonyl (C=O) groups excluding carboxylic acids is 2. The molecule has 2 rings (SSSR count). The molecule has 0 atom stereocenters. The molecular weight excluding hydrogens is 390 g/mol. The minimum absolute atomic E-state index is 0.0267. The smallest absolute Gasteiger partial charge is 0.338 e. The number of pyridine rings is 1. The highest BCUT2D eigenvalue weighted by Gasteiger charge is 2.20. The van der Waals surface area contributed by atoms with E-state index >= 15 is 0 Å². The van der Waals surface area contributed by atoms with Crippen molar-refractivity contribution < 1.29 is 32.2 Å². The molecule has 0 radical (unpaired) electrons. The summed E-state index contributed by atoms with van der Waals surface area (Å²) in [5.41, 5.74) is 0.283. The maximum atomic E-state index is 12.3. The lowest BCUT2D eigenvalue weighted by molar-refractivity contribution is 0.0600. The topological polar surface area (TPSA) is 133 Å². The average molecular weight is 409 g/mol. The van der Waals surface area contributed by atoms with Gasteiger partial charge in [0.25, 0.3) is 0 Å². The zero-order valence-electron chi connectivity index (χ0n) is 15.4. The van der Waals surface area contributed by atoms with Gasteiger partial charge in [-0.25, -0.2) is 22.7 Å². The van der Waals surface area contributed by atoms with Gasteiger partial charge in [-0.1, -0.05) is 18.2 Å². The monoisotopic (exact) mass is 409 g/mol. The second kappa shape index (κ2) is 9.04. The van der Waals surface area contributed by atoms with Gasteiger partial charge in [0, 0.05) is 12.1 Å². The van der Waals surface area contributed by atoms with Crippen molar-refractivity contribution in [2.24, 2.45) is 0 Å². The van der Waals surface area contributed by atoms with Crippen molar-refractivity contribution in [3.8, 4) is 11.6 Å². The lowest BCUT2D eigenvalue weighted by Crippen LogP contribution is -2.35. The van der Waals surface area contributed by atoms with Gasteiger partial charge < -0.3 is 14.2 Å². The number of methoxy groups -OCH3 is 3. The number of amides is 2. The van der Waals surface area contributed by atoms with Gasteiger partial charge in [0.1, 0.15) is 11.6 Å². The Morgan fingerprint density at radius 3 is 2.43 bits per heavy atom. The molecule has 28 heavy (non-hydrogen) atoms. The molecule has 0 bridgehead atoms. The summed E-state index contributed by atoms with van der Waals surface area (Å²) in [7, 11) is -0.118. The first-order valence-electron chi connectivity index (χ1n) is 7.85. The van der Waals surface area contributed by atoms with Crippen LogP contribution in [0, 0.1) is 0 Å². The summed E-state index contributed by atoms with van der Waals surface area (Å²) >= 11 is 0. The molecule has 0 aliphatic heterocycles. The number of esters is 1. The third-order valence-electron chi connectivity index (χ3n) is 3.48. The molecule has 1 heterocycles. The Bertz CT molecular complexity index is 954. The molecule has 2 aromatic rings. The largest absolute Gasteiger partial charge is 0.496 e. The van der Waals surface area contributed by atoms with Gasteiger partial charge in [-0.05, 0) is 11.6 Å². The number of rotatable bonds is 7. The first kappa shape index (κ1) is 21.0. The number of benzene rings is 1. The van der Waals surface area contributed by atoms with Crippen LogP contribution in [-0.2, 0) is 20.5 Å². The van der Waals surface area contributed by atoms with E-state index in [-0.39, 0.29) is 22.8 Å². The summed E-state index contributed by atoms with van der Waals surface area (Å²) in [6.45, 7) is 0. The fourth-order valence-corrected chi connectivity index (χ4v) is 3.31. The van der Waals surface area contributed by atoms with Crippen LogP contribution in [0.5, 0.6) is 11.6 Å². The summed E-state index contributed by atoms with van der Waals surface area (Å²) in [6, 6.07) is 7.89. The van der Waals surface area contributed by atoms with E-state index in [1.807, 2.05) is 4.72 Å². The predicted molar refractivity (Wildman–Crippen MR) is 99.9 cm³/mol. The van der Waals surface area contributed by atoms with Crippen molar-refractivity contribution in [3.05, 3.63) is 47.5 Å². The van der Waals surface area contributed by atoms with Crippen molar-refractivity contribution >= 4 is 27.8 Å². The molecule has 0 spiro atoms. The average Bonchev–Trinajstić information content (AvgIpc) is 2.66. The van der Waals surface area contributed by atoms with Gasteiger partial charge in [0.15, 0.2) is 0 Å². The van der Waals surface area contributed by atoms with E-state index in [0.717, 1.165) is 0 Å². The van der Waals surface area contributed by atoms with E-state index in [4.69, 9.17) is 9.47 Å². The molecule has 0 saturated carbocycles. The normalized spacial score (nSPS) is 10.7. The maximum absolute atomic E-state index is 12.3. The molecule has 0 aliphatic rings. The Hall–Kier alpha value is -3.34. The highest BCUT2D eigenvalue weighted by Crippen LogP contribution is 2.21. The molecule has 150 valence electrons. The van der Waals surface area contributed by atoms with E-state index in [9.17, 15) is 18.0 Å². The SMILES string of the molecule is COC(=O)c1ccccc1CS(=O)(=O)NC(=O)Nc1cc(OC)cc(OC)n1. The van der Waals surface area contributed by atoms with Crippen LogP contribution in [-0.4, -0.2) is 46.7 Å². The van der Waals surface area contributed by atoms with Crippen LogP contribution in [0.3, 0.4) is 0 Å². The Balaban J connectivity index is 2.13. The highest BCUT2D eigenvalue weighted by molar-refractivity contribution is 7.89. The van der Waals surface area contributed by atoms with Gasteiger partial charge >= 0.3 is 12.0 Å². The molecule has 0 aliphatic carbocycles. The van der Waals surface area contributed by atoms with Crippen LogP contribution in [0.1, 0.15) is 15.9 Å². The van der Waals surface area contributed by atoms with Crippen molar-refractivity contribution in [1.82, 2.24) is 9.71 Å². The van der Waals surface area contributed by atoms with Gasteiger partial charge in [0.05, 0.1) is 32.6 Å². The van der Waals surface area contributed by atoms with E-state index in [0.29, 0.717) is 5.75 Å². The Morgan fingerprint density at radius 1 is 1.07 bits per heavy atom. The molecule has 0 unspecified atom stereocenters. The molecule has 2 amide bonds.